The van der Waals surface area contributed by atoms with E-state index in [2.05, 4.69) is 15.5 Å². The summed E-state index contributed by atoms with van der Waals surface area (Å²) < 4.78 is 5.30. The largest absolute Gasteiger partial charge is 0.379 e. The SMILES string of the molecule is CC(N)C(C)C(=O)NCc1cccc(NC(=O)CCN2CCOCC2)c1. The molecular weight excluding hydrogens is 332 g/mol. The van der Waals surface area contributed by atoms with Crippen LogP contribution in [-0.4, -0.2) is 55.6 Å². The van der Waals surface area contributed by atoms with Gasteiger partial charge in [-0.05, 0) is 24.6 Å². The molecule has 26 heavy (non-hydrogen) atoms. The minimum Gasteiger partial charge on any atom is -0.379 e. The number of hydrogen-bond acceptors (Lipinski definition) is 5. The standard InChI is InChI=1S/C19H30N4O3/c1-14(15(2)20)19(25)21-13-16-4-3-5-17(12-16)22-18(24)6-7-23-8-10-26-11-9-23/h3-5,12,14-15H,6-11,13,20H2,1-2H3,(H,21,25)(H,22,24). The van der Waals surface area contributed by atoms with E-state index in [1.54, 1.807) is 0 Å². The Morgan fingerprint density at radius 1 is 1.27 bits per heavy atom. The highest BCUT2D eigenvalue weighted by molar-refractivity contribution is 5.90. The van der Waals surface area contributed by atoms with Gasteiger partial charge in [-0.3, -0.25) is 14.5 Å². The number of benzene rings is 1. The van der Waals surface area contributed by atoms with Crippen molar-refractivity contribution in [1.29, 1.82) is 0 Å². The van der Waals surface area contributed by atoms with Gasteiger partial charge in [0.1, 0.15) is 0 Å². The maximum Gasteiger partial charge on any atom is 0.225 e. The molecule has 1 aliphatic heterocycles. The van der Waals surface area contributed by atoms with E-state index in [1.165, 1.54) is 0 Å². The molecule has 0 bridgehead atoms. The first-order valence-corrected chi connectivity index (χ1v) is 9.18. The third-order valence-electron chi connectivity index (χ3n) is 4.64. The lowest BCUT2D eigenvalue weighted by atomic mass is 10.0. The number of amides is 2. The fourth-order valence-electron chi connectivity index (χ4n) is 2.66. The fraction of sp³-hybridized carbons (Fsp3) is 0.579. The summed E-state index contributed by atoms with van der Waals surface area (Å²) in [5, 5.41) is 5.80. The molecule has 1 saturated heterocycles. The number of nitrogens with zero attached hydrogens (tertiary/aromatic N) is 1. The van der Waals surface area contributed by atoms with Gasteiger partial charge in [-0.15, -0.1) is 0 Å². The summed E-state index contributed by atoms with van der Waals surface area (Å²) in [5.41, 5.74) is 7.42. The first-order chi connectivity index (χ1) is 12.5. The van der Waals surface area contributed by atoms with Gasteiger partial charge in [0.05, 0.1) is 13.2 Å². The normalized spacial score (nSPS) is 17.3. The Morgan fingerprint density at radius 3 is 2.69 bits per heavy atom. The predicted octanol–water partition coefficient (Wildman–Crippen LogP) is 0.947. The van der Waals surface area contributed by atoms with Crippen LogP contribution in [-0.2, 0) is 20.9 Å². The first-order valence-electron chi connectivity index (χ1n) is 9.18. The monoisotopic (exact) mass is 362 g/mol. The maximum atomic E-state index is 12.1. The van der Waals surface area contributed by atoms with Crippen LogP contribution in [0.25, 0.3) is 0 Å². The van der Waals surface area contributed by atoms with Crippen LogP contribution in [0.15, 0.2) is 24.3 Å². The molecular formula is C19H30N4O3. The Balaban J connectivity index is 1.78. The molecule has 1 heterocycles. The molecule has 1 aromatic rings. The van der Waals surface area contributed by atoms with Gasteiger partial charge in [0.15, 0.2) is 0 Å². The molecule has 0 radical (unpaired) electrons. The lowest BCUT2D eigenvalue weighted by molar-refractivity contribution is -0.125. The van der Waals surface area contributed by atoms with Crippen LogP contribution in [0.3, 0.4) is 0 Å². The summed E-state index contributed by atoms with van der Waals surface area (Å²) in [6.07, 6.45) is 0.451. The van der Waals surface area contributed by atoms with E-state index in [1.807, 2.05) is 38.1 Å². The summed E-state index contributed by atoms with van der Waals surface area (Å²) in [5.74, 6) is -0.318. The zero-order valence-corrected chi connectivity index (χ0v) is 15.7. The molecule has 2 atom stereocenters. The van der Waals surface area contributed by atoms with Gasteiger partial charge in [-0.2, -0.15) is 0 Å². The van der Waals surface area contributed by atoms with Crippen molar-refractivity contribution in [2.45, 2.75) is 32.9 Å². The summed E-state index contributed by atoms with van der Waals surface area (Å²) in [6, 6.07) is 7.33. The molecule has 2 amide bonds. The lowest BCUT2D eigenvalue weighted by Crippen LogP contribution is -2.38. The van der Waals surface area contributed by atoms with Gasteiger partial charge in [-0.1, -0.05) is 19.1 Å². The molecule has 2 unspecified atom stereocenters. The van der Waals surface area contributed by atoms with Crippen molar-refractivity contribution in [3.05, 3.63) is 29.8 Å². The van der Waals surface area contributed by atoms with Gasteiger partial charge in [0, 0.05) is 50.2 Å². The molecule has 1 aliphatic rings. The van der Waals surface area contributed by atoms with Crippen molar-refractivity contribution in [2.24, 2.45) is 11.7 Å². The number of carbonyl (C=O) groups is 2. The van der Waals surface area contributed by atoms with Crippen molar-refractivity contribution < 1.29 is 14.3 Å². The molecule has 2 rings (SSSR count). The van der Waals surface area contributed by atoms with Crippen molar-refractivity contribution in [3.63, 3.8) is 0 Å². The summed E-state index contributed by atoms with van der Waals surface area (Å²) >= 11 is 0. The quantitative estimate of drug-likeness (QED) is 0.640. The third kappa shape index (κ3) is 6.74. The summed E-state index contributed by atoms with van der Waals surface area (Å²) in [7, 11) is 0. The van der Waals surface area contributed by atoms with E-state index < -0.39 is 0 Å². The van der Waals surface area contributed by atoms with Gasteiger partial charge >= 0.3 is 0 Å². The molecule has 0 aliphatic carbocycles. The van der Waals surface area contributed by atoms with Crippen LogP contribution in [0.1, 0.15) is 25.8 Å². The topological polar surface area (TPSA) is 96.7 Å². The van der Waals surface area contributed by atoms with Gasteiger partial charge in [0.2, 0.25) is 11.8 Å². The Labute approximate surface area is 155 Å². The Morgan fingerprint density at radius 2 is 2.00 bits per heavy atom. The Bertz CT molecular complexity index is 600. The van der Waals surface area contributed by atoms with Crippen molar-refractivity contribution in [1.82, 2.24) is 10.2 Å². The maximum absolute atomic E-state index is 12.1. The van der Waals surface area contributed by atoms with Crippen molar-refractivity contribution >= 4 is 17.5 Å². The Hall–Kier alpha value is -1.96. The third-order valence-corrected chi connectivity index (χ3v) is 4.64. The zero-order chi connectivity index (χ0) is 18.9. The number of anilines is 1. The van der Waals surface area contributed by atoms with Crippen LogP contribution in [0.2, 0.25) is 0 Å². The van der Waals surface area contributed by atoms with E-state index in [0.717, 1.165) is 44.1 Å². The lowest BCUT2D eigenvalue weighted by Gasteiger charge is -2.26. The van der Waals surface area contributed by atoms with Crippen molar-refractivity contribution in [2.75, 3.05) is 38.2 Å². The average molecular weight is 362 g/mol. The van der Waals surface area contributed by atoms with E-state index >= 15 is 0 Å². The van der Waals surface area contributed by atoms with E-state index in [-0.39, 0.29) is 23.8 Å². The summed E-state index contributed by atoms with van der Waals surface area (Å²) in [6.45, 7) is 7.99. The molecule has 4 N–H and O–H groups in total. The molecule has 7 nitrogen and oxygen atoms in total. The molecule has 144 valence electrons. The van der Waals surface area contributed by atoms with E-state index in [0.29, 0.717) is 13.0 Å². The van der Waals surface area contributed by atoms with Crippen LogP contribution in [0, 0.1) is 5.92 Å². The minimum atomic E-state index is -0.238. The molecule has 1 fully saturated rings. The molecule has 7 heteroatoms. The van der Waals surface area contributed by atoms with E-state index in [4.69, 9.17) is 10.5 Å². The number of rotatable bonds is 8. The fourth-order valence-corrected chi connectivity index (χ4v) is 2.66. The number of carbonyl (C=O) groups excluding carboxylic acids is 2. The number of morpholine rings is 1. The van der Waals surface area contributed by atoms with Crippen LogP contribution < -0.4 is 16.4 Å². The summed E-state index contributed by atoms with van der Waals surface area (Å²) in [4.78, 5) is 26.4. The highest BCUT2D eigenvalue weighted by atomic mass is 16.5. The first kappa shape index (κ1) is 20.4. The van der Waals surface area contributed by atoms with Crippen LogP contribution >= 0.6 is 0 Å². The second-order valence-corrected chi connectivity index (χ2v) is 6.82. The number of nitrogens with two attached hydrogens (primary N) is 1. The van der Waals surface area contributed by atoms with Gasteiger partial charge in [0.25, 0.3) is 0 Å². The number of nitrogens with one attached hydrogen (secondary N) is 2. The highest BCUT2D eigenvalue weighted by Gasteiger charge is 2.16. The molecule has 0 saturated carbocycles. The molecule has 0 spiro atoms. The minimum absolute atomic E-state index is 0.0109. The molecule has 1 aromatic carbocycles. The Kier molecular flexibility index (Phi) is 8.03. The second-order valence-electron chi connectivity index (χ2n) is 6.82. The zero-order valence-electron chi connectivity index (χ0n) is 15.7. The second kappa shape index (κ2) is 10.3. The van der Waals surface area contributed by atoms with Crippen molar-refractivity contribution in [3.8, 4) is 0 Å². The molecule has 0 aromatic heterocycles. The number of hydrogen-bond donors (Lipinski definition) is 3. The number of ether oxygens (including phenoxy) is 1. The average Bonchev–Trinajstić information content (AvgIpc) is 2.65. The smallest absolute Gasteiger partial charge is 0.225 e. The van der Waals surface area contributed by atoms with Gasteiger partial charge in [-0.25, -0.2) is 0 Å². The van der Waals surface area contributed by atoms with Gasteiger partial charge < -0.3 is 21.1 Å². The van der Waals surface area contributed by atoms with Crippen LogP contribution in [0.4, 0.5) is 5.69 Å². The highest BCUT2D eigenvalue weighted by Crippen LogP contribution is 2.12. The van der Waals surface area contributed by atoms with Crippen LogP contribution in [0.5, 0.6) is 0 Å². The predicted molar refractivity (Wildman–Crippen MR) is 102 cm³/mol. The van der Waals surface area contributed by atoms with E-state index in [9.17, 15) is 9.59 Å².